The Morgan fingerprint density at radius 1 is 1.21 bits per heavy atom. The molecule has 0 aliphatic rings. The van der Waals surface area contributed by atoms with Crippen LogP contribution in [-0.4, -0.2) is 68.8 Å². The van der Waals surface area contributed by atoms with Gasteiger partial charge in [0.15, 0.2) is 11.8 Å². The number of carbonyl (C=O) groups excluding carboxylic acids is 2. The minimum atomic E-state index is -4.71. The van der Waals surface area contributed by atoms with Gasteiger partial charge in [0.2, 0.25) is 0 Å². The molecule has 2 rings (SSSR count). The molecule has 1 aromatic heterocycles. The summed E-state index contributed by atoms with van der Waals surface area (Å²) in [7, 11) is 1.57. The monoisotopic (exact) mass is 470 g/mol. The van der Waals surface area contributed by atoms with Gasteiger partial charge in [-0.2, -0.15) is 18.3 Å². The van der Waals surface area contributed by atoms with Gasteiger partial charge in [0.1, 0.15) is 5.69 Å². The summed E-state index contributed by atoms with van der Waals surface area (Å²) in [6, 6.07) is 4.00. The van der Waals surface area contributed by atoms with Gasteiger partial charge in [-0.05, 0) is 24.0 Å². The summed E-state index contributed by atoms with van der Waals surface area (Å²) in [6.07, 6.45) is -7.51. The lowest BCUT2D eigenvalue weighted by Crippen LogP contribution is -2.48. The predicted octanol–water partition coefficient (Wildman–Crippen LogP) is 1.94. The first-order valence-corrected chi connectivity index (χ1v) is 9.99. The second-order valence-corrected chi connectivity index (χ2v) is 7.97. The molecule has 2 aromatic rings. The van der Waals surface area contributed by atoms with Crippen LogP contribution in [0.3, 0.4) is 0 Å². The van der Waals surface area contributed by atoms with Gasteiger partial charge in [-0.15, -0.1) is 0 Å². The van der Waals surface area contributed by atoms with E-state index < -0.39 is 48.1 Å². The molecule has 0 bridgehead atoms. The largest absolute Gasteiger partial charge is 0.479 e. The van der Waals surface area contributed by atoms with E-state index in [9.17, 15) is 32.7 Å². The van der Waals surface area contributed by atoms with Crippen LogP contribution in [0.2, 0.25) is 0 Å². The number of amides is 2. The van der Waals surface area contributed by atoms with Gasteiger partial charge in [0, 0.05) is 19.7 Å². The van der Waals surface area contributed by atoms with Crippen molar-refractivity contribution in [3.63, 3.8) is 0 Å². The number of alkyl halides is 3. The molecule has 2 amide bonds. The Labute approximate surface area is 187 Å². The van der Waals surface area contributed by atoms with Crippen molar-refractivity contribution in [1.29, 1.82) is 0 Å². The fraction of sp³-hybridized carbons (Fsp3) is 0.429. The van der Waals surface area contributed by atoms with Crippen LogP contribution in [0.15, 0.2) is 30.3 Å². The minimum absolute atomic E-state index is 0.000972. The third-order valence-corrected chi connectivity index (χ3v) is 4.74. The van der Waals surface area contributed by atoms with Crippen LogP contribution in [0.1, 0.15) is 46.0 Å². The second-order valence-electron chi connectivity index (χ2n) is 7.97. The van der Waals surface area contributed by atoms with Gasteiger partial charge in [-0.3, -0.25) is 14.7 Å². The summed E-state index contributed by atoms with van der Waals surface area (Å²) in [6.45, 7) is 4.28. The number of hydrogen-bond donors (Lipinski definition) is 4. The number of H-pyrrole nitrogens is 1. The summed E-state index contributed by atoms with van der Waals surface area (Å²) in [4.78, 5) is 37.7. The third-order valence-electron chi connectivity index (χ3n) is 4.74. The van der Waals surface area contributed by atoms with Gasteiger partial charge < -0.3 is 20.4 Å². The van der Waals surface area contributed by atoms with Crippen molar-refractivity contribution in [2.75, 3.05) is 13.6 Å². The van der Waals surface area contributed by atoms with Gasteiger partial charge in [0.05, 0.1) is 11.6 Å². The maximum absolute atomic E-state index is 13.3. The molecule has 0 spiro atoms. The highest BCUT2D eigenvalue weighted by molar-refractivity contribution is 5.97. The zero-order valence-electron chi connectivity index (χ0n) is 18.2. The number of benzene rings is 1. The molecule has 0 aliphatic heterocycles. The first kappa shape index (κ1) is 25.8. The van der Waals surface area contributed by atoms with Gasteiger partial charge in [-0.1, -0.05) is 32.0 Å². The van der Waals surface area contributed by atoms with Crippen molar-refractivity contribution in [2.24, 2.45) is 5.92 Å². The van der Waals surface area contributed by atoms with Crippen molar-refractivity contribution in [3.8, 4) is 0 Å². The van der Waals surface area contributed by atoms with Crippen molar-refractivity contribution in [2.45, 2.75) is 38.6 Å². The Kier molecular flexibility index (Phi) is 8.20. The molecular formula is C21H25F3N4O5. The van der Waals surface area contributed by atoms with Crippen molar-refractivity contribution >= 4 is 17.8 Å². The van der Waals surface area contributed by atoms with E-state index in [4.69, 9.17) is 5.11 Å². The summed E-state index contributed by atoms with van der Waals surface area (Å²) < 4.78 is 39.9. The number of carboxylic acids is 1. The number of aliphatic hydroxyl groups excluding tert-OH is 1. The molecule has 0 unspecified atom stereocenters. The van der Waals surface area contributed by atoms with E-state index in [-0.39, 0.29) is 22.9 Å². The molecule has 0 radical (unpaired) electrons. The van der Waals surface area contributed by atoms with E-state index in [1.807, 2.05) is 13.8 Å². The summed E-state index contributed by atoms with van der Waals surface area (Å²) >= 11 is 0. The molecule has 12 heteroatoms. The highest BCUT2D eigenvalue weighted by atomic mass is 19.4. The smallest absolute Gasteiger partial charge is 0.416 e. The van der Waals surface area contributed by atoms with E-state index in [0.717, 1.165) is 18.2 Å². The quantitative estimate of drug-likeness (QED) is 0.442. The number of nitrogens with one attached hydrogen (secondary N) is 2. The molecule has 0 saturated heterocycles. The lowest BCUT2D eigenvalue weighted by Gasteiger charge is -2.23. The topological polar surface area (TPSA) is 136 Å². The van der Waals surface area contributed by atoms with Crippen molar-refractivity contribution in [3.05, 3.63) is 52.8 Å². The normalized spacial score (nSPS) is 13.5. The number of aromatic amines is 1. The van der Waals surface area contributed by atoms with Crippen molar-refractivity contribution in [1.82, 2.24) is 20.4 Å². The Morgan fingerprint density at radius 3 is 2.42 bits per heavy atom. The zero-order chi connectivity index (χ0) is 24.9. The van der Waals surface area contributed by atoms with E-state index in [1.165, 1.54) is 17.0 Å². The Morgan fingerprint density at radius 2 is 1.85 bits per heavy atom. The second kappa shape index (κ2) is 10.5. The van der Waals surface area contributed by atoms with Gasteiger partial charge >= 0.3 is 12.1 Å². The van der Waals surface area contributed by atoms with Crippen LogP contribution in [0.5, 0.6) is 0 Å². The number of carbonyl (C=O) groups is 3. The standard InChI is InChI=1S/C21H25F3N4O5/c1-11(2)10-28(3)19(31)16-9-15(26-27-16)18(30)25-14(17(29)20(32)33)8-12-6-4-5-7-13(12)21(22,23)24/h4-7,9,11,14,17,29H,8,10H2,1-3H3,(H,25,30)(H,26,27)(H,32,33)/t14-,17-/m1/s1. The van der Waals surface area contributed by atoms with Crippen molar-refractivity contribution < 1.29 is 37.8 Å². The number of aliphatic carboxylic acids is 1. The van der Waals surface area contributed by atoms with E-state index in [1.54, 1.807) is 7.05 Å². The maximum Gasteiger partial charge on any atom is 0.416 e. The molecule has 180 valence electrons. The number of nitrogens with zero attached hydrogens (tertiary/aromatic N) is 2. The van der Waals surface area contributed by atoms with E-state index in [2.05, 4.69) is 15.5 Å². The highest BCUT2D eigenvalue weighted by Crippen LogP contribution is 2.32. The number of rotatable bonds is 9. The number of aromatic nitrogens is 2. The number of hydrogen-bond acceptors (Lipinski definition) is 5. The minimum Gasteiger partial charge on any atom is -0.479 e. The van der Waals surface area contributed by atoms with Crippen LogP contribution in [0.25, 0.3) is 0 Å². The molecule has 1 heterocycles. The SMILES string of the molecule is CC(C)CN(C)C(=O)c1cc(C(=O)N[C@H](Cc2ccccc2C(F)(F)F)[C@@H](O)C(=O)O)n[nH]1. The molecule has 4 N–H and O–H groups in total. The Bertz CT molecular complexity index is 1010. The van der Waals surface area contributed by atoms with Crippen LogP contribution < -0.4 is 5.32 Å². The lowest BCUT2D eigenvalue weighted by atomic mass is 9.96. The Balaban J connectivity index is 2.24. The number of carboxylic acid groups (broad SMARTS) is 1. The first-order valence-electron chi connectivity index (χ1n) is 9.99. The fourth-order valence-corrected chi connectivity index (χ4v) is 3.25. The van der Waals surface area contributed by atoms with Crippen LogP contribution in [0, 0.1) is 5.92 Å². The number of halogens is 3. The molecular weight excluding hydrogens is 445 g/mol. The average molecular weight is 470 g/mol. The van der Waals surface area contributed by atoms with Gasteiger partial charge in [-0.25, -0.2) is 4.79 Å². The zero-order valence-corrected chi connectivity index (χ0v) is 18.2. The third kappa shape index (κ3) is 6.78. The first-order chi connectivity index (χ1) is 15.3. The molecule has 9 nitrogen and oxygen atoms in total. The Hall–Kier alpha value is -3.41. The molecule has 0 fully saturated rings. The molecule has 0 aliphatic carbocycles. The molecule has 1 aromatic carbocycles. The van der Waals surface area contributed by atoms with Crippen LogP contribution in [0.4, 0.5) is 13.2 Å². The van der Waals surface area contributed by atoms with Crippen LogP contribution in [-0.2, 0) is 17.4 Å². The average Bonchev–Trinajstić information content (AvgIpc) is 3.21. The van der Waals surface area contributed by atoms with E-state index in [0.29, 0.717) is 6.54 Å². The maximum atomic E-state index is 13.3. The summed E-state index contributed by atoms with van der Waals surface area (Å²) in [5.41, 5.74) is -1.60. The predicted molar refractivity (Wildman–Crippen MR) is 110 cm³/mol. The lowest BCUT2D eigenvalue weighted by molar-refractivity contribution is -0.148. The summed E-state index contributed by atoms with van der Waals surface area (Å²) in [5.74, 6) is -2.93. The number of aliphatic hydroxyl groups is 1. The fourth-order valence-electron chi connectivity index (χ4n) is 3.25. The van der Waals surface area contributed by atoms with E-state index >= 15 is 0 Å². The van der Waals surface area contributed by atoms with Crippen LogP contribution >= 0.6 is 0 Å². The molecule has 0 saturated carbocycles. The molecule has 33 heavy (non-hydrogen) atoms. The molecule has 2 atom stereocenters. The summed E-state index contributed by atoms with van der Waals surface area (Å²) in [5, 5.41) is 27.5. The highest BCUT2D eigenvalue weighted by Gasteiger charge is 2.36. The van der Waals surface area contributed by atoms with Gasteiger partial charge in [0.25, 0.3) is 11.8 Å².